The van der Waals surface area contributed by atoms with Gasteiger partial charge in [0.1, 0.15) is 11.5 Å². The maximum absolute atomic E-state index is 12.8. The summed E-state index contributed by atoms with van der Waals surface area (Å²) >= 11 is 0. The van der Waals surface area contributed by atoms with E-state index in [1.54, 1.807) is 16.9 Å². The number of anilines is 2. The second kappa shape index (κ2) is 10.5. The molecule has 8 heteroatoms. The number of benzene rings is 2. The van der Waals surface area contributed by atoms with Gasteiger partial charge in [-0.15, -0.1) is 0 Å². The molecule has 1 amide bonds. The van der Waals surface area contributed by atoms with Crippen molar-refractivity contribution in [2.45, 2.75) is 0 Å². The van der Waals surface area contributed by atoms with Gasteiger partial charge in [-0.1, -0.05) is 36.3 Å². The van der Waals surface area contributed by atoms with Gasteiger partial charge in [0.05, 0.1) is 25.1 Å². The first kappa shape index (κ1) is 23.4. The molecule has 2 aromatic carbocycles. The van der Waals surface area contributed by atoms with Crippen LogP contribution in [0.4, 0.5) is 11.5 Å². The van der Waals surface area contributed by atoms with Crippen molar-refractivity contribution in [3.8, 4) is 23.1 Å². The number of nitrogens with zero attached hydrogens (tertiary/aromatic N) is 5. The molecule has 0 saturated carbocycles. The SMILES string of the molecule is O=C(c1ccc(-c2ccc3ncc(C#Cc4ccnc(Nc5ccccc5)c4)n3n2)cc1)N1CCOCC1. The first-order valence-electron chi connectivity index (χ1n) is 12.4. The number of morpholine rings is 1. The molecular weight excluding hydrogens is 476 g/mol. The Balaban J connectivity index is 1.22. The molecule has 0 unspecified atom stereocenters. The quantitative estimate of drug-likeness (QED) is 0.368. The molecule has 6 rings (SSSR count). The first-order chi connectivity index (χ1) is 18.7. The van der Waals surface area contributed by atoms with Gasteiger partial charge in [0.25, 0.3) is 5.91 Å². The Bertz CT molecular complexity index is 1650. The molecular formula is C30H24N6O2. The molecule has 186 valence electrons. The number of nitrogens with one attached hydrogen (secondary N) is 1. The number of pyridine rings is 1. The molecule has 1 saturated heterocycles. The van der Waals surface area contributed by atoms with Gasteiger partial charge in [-0.2, -0.15) is 5.10 Å². The number of rotatable bonds is 4. The molecule has 1 fully saturated rings. The van der Waals surface area contributed by atoms with E-state index in [-0.39, 0.29) is 5.91 Å². The van der Waals surface area contributed by atoms with Crippen LogP contribution < -0.4 is 5.32 Å². The highest BCUT2D eigenvalue weighted by Gasteiger charge is 2.18. The van der Waals surface area contributed by atoms with Crippen molar-refractivity contribution < 1.29 is 9.53 Å². The molecule has 38 heavy (non-hydrogen) atoms. The minimum Gasteiger partial charge on any atom is -0.378 e. The molecule has 8 nitrogen and oxygen atoms in total. The van der Waals surface area contributed by atoms with Gasteiger partial charge >= 0.3 is 0 Å². The van der Waals surface area contributed by atoms with Gasteiger partial charge in [0, 0.05) is 41.7 Å². The van der Waals surface area contributed by atoms with E-state index in [4.69, 9.17) is 9.84 Å². The molecule has 0 radical (unpaired) electrons. The molecule has 4 heterocycles. The third-order valence-electron chi connectivity index (χ3n) is 6.23. The third kappa shape index (κ3) is 5.09. The molecule has 0 spiro atoms. The van der Waals surface area contributed by atoms with E-state index in [1.807, 2.05) is 83.8 Å². The van der Waals surface area contributed by atoms with Crippen LogP contribution in [0.3, 0.4) is 0 Å². The van der Waals surface area contributed by atoms with Crippen molar-refractivity contribution in [1.82, 2.24) is 24.5 Å². The van der Waals surface area contributed by atoms with Gasteiger partial charge in [0.15, 0.2) is 5.65 Å². The topological polar surface area (TPSA) is 84.7 Å². The summed E-state index contributed by atoms with van der Waals surface area (Å²) in [5, 5.41) is 8.05. The molecule has 0 aliphatic carbocycles. The number of amides is 1. The lowest BCUT2D eigenvalue weighted by atomic mass is 10.1. The summed E-state index contributed by atoms with van der Waals surface area (Å²) in [6, 6.07) is 25.0. The summed E-state index contributed by atoms with van der Waals surface area (Å²) in [5.74, 6) is 7.12. The Morgan fingerprint density at radius 3 is 2.53 bits per heavy atom. The van der Waals surface area contributed by atoms with Crippen LogP contribution in [0.25, 0.3) is 16.9 Å². The fourth-order valence-corrected chi connectivity index (χ4v) is 4.23. The van der Waals surface area contributed by atoms with Gasteiger partial charge in [0.2, 0.25) is 0 Å². The van der Waals surface area contributed by atoms with Crippen LogP contribution >= 0.6 is 0 Å². The molecule has 3 aromatic heterocycles. The first-order valence-corrected chi connectivity index (χ1v) is 12.4. The Morgan fingerprint density at radius 2 is 1.71 bits per heavy atom. The number of imidazole rings is 1. The normalized spacial score (nSPS) is 13.1. The Morgan fingerprint density at radius 1 is 0.895 bits per heavy atom. The molecule has 5 aromatic rings. The van der Waals surface area contributed by atoms with Crippen LogP contribution in [0.5, 0.6) is 0 Å². The van der Waals surface area contributed by atoms with E-state index in [9.17, 15) is 4.79 Å². The number of carbonyl (C=O) groups is 1. The van der Waals surface area contributed by atoms with Crippen LogP contribution in [0.2, 0.25) is 0 Å². The summed E-state index contributed by atoms with van der Waals surface area (Å²) in [6.45, 7) is 2.40. The van der Waals surface area contributed by atoms with Crippen molar-refractivity contribution >= 4 is 23.1 Å². The molecule has 1 aliphatic rings. The van der Waals surface area contributed by atoms with Crippen LogP contribution in [-0.2, 0) is 4.74 Å². The van der Waals surface area contributed by atoms with Crippen molar-refractivity contribution in [2.75, 3.05) is 31.6 Å². The van der Waals surface area contributed by atoms with E-state index in [2.05, 4.69) is 27.1 Å². The monoisotopic (exact) mass is 500 g/mol. The van der Waals surface area contributed by atoms with Gasteiger partial charge in [-0.3, -0.25) is 4.79 Å². The maximum Gasteiger partial charge on any atom is 0.254 e. The fraction of sp³-hybridized carbons (Fsp3) is 0.133. The average Bonchev–Trinajstić information content (AvgIpc) is 3.39. The Labute approximate surface area is 219 Å². The zero-order valence-electron chi connectivity index (χ0n) is 20.5. The number of para-hydroxylation sites is 1. The highest BCUT2D eigenvalue weighted by molar-refractivity contribution is 5.94. The Hall–Kier alpha value is -5.00. The second-order valence-corrected chi connectivity index (χ2v) is 8.78. The predicted octanol–water partition coefficient (Wildman–Crippen LogP) is 4.41. The van der Waals surface area contributed by atoms with Gasteiger partial charge in [-0.25, -0.2) is 14.5 Å². The maximum atomic E-state index is 12.8. The van der Waals surface area contributed by atoms with E-state index in [0.717, 1.165) is 28.3 Å². The van der Waals surface area contributed by atoms with Crippen molar-refractivity contribution in [3.63, 3.8) is 0 Å². The van der Waals surface area contributed by atoms with Crippen molar-refractivity contribution in [1.29, 1.82) is 0 Å². The zero-order chi connectivity index (χ0) is 25.7. The summed E-state index contributed by atoms with van der Waals surface area (Å²) in [5.41, 5.74) is 5.50. The molecule has 0 bridgehead atoms. The van der Waals surface area contributed by atoms with Crippen LogP contribution in [0.15, 0.2) is 91.3 Å². The zero-order valence-corrected chi connectivity index (χ0v) is 20.5. The molecule has 1 N–H and O–H groups in total. The largest absolute Gasteiger partial charge is 0.378 e. The molecule has 1 aliphatic heterocycles. The van der Waals surface area contributed by atoms with Crippen LogP contribution in [-0.4, -0.2) is 56.7 Å². The number of fused-ring (bicyclic) bond motifs is 1. The smallest absolute Gasteiger partial charge is 0.254 e. The number of hydrogen-bond donors (Lipinski definition) is 1. The minimum absolute atomic E-state index is 0.0219. The number of carbonyl (C=O) groups excluding carboxylic acids is 1. The third-order valence-corrected chi connectivity index (χ3v) is 6.23. The number of aromatic nitrogens is 4. The second-order valence-electron chi connectivity index (χ2n) is 8.78. The van der Waals surface area contributed by atoms with E-state index in [1.165, 1.54) is 0 Å². The standard InChI is InChI=1S/C30H24N6O2/c37-30(35-16-18-38-19-17-35)24-9-7-23(8-10-24)27-12-13-29-32-21-26(36(29)34-27)11-6-22-14-15-31-28(20-22)33-25-4-2-1-3-5-25/h1-5,7-10,12-15,20-21H,16-19H2,(H,31,33). The lowest BCUT2D eigenvalue weighted by molar-refractivity contribution is 0.0303. The summed E-state index contributed by atoms with van der Waals surface area (Å²) in [4.78, 5) is 23.4. The summed E-state index contributed by atoms with van der Waals surface area (Å²) in [7, 11) is 0. The molecule has 0 atom stereocenters. The average molecular weight is 501 g/mol. The number of hydrogen-bond acceptors (Lipinski definition) is 6. The van der Waals surface area contributed by atoms with Gasteiger partial charge < -0.3 is 15.0 Å². The van der Waals surface area contributed by atoms with E-state index >= 15 is 0 Å². The van der Waals surface area contributed by atoms with Crippen LogP contribution in [0.1, 0.15) is 21.6 Å². The van der Waals surface area contributed by atoms with Gasteiger partial charge in [-0.05, 0) is 54.5 Å². The predicted molar refractivity (Wildman–Crippen MR) is 145 cm³/mol. The van der Waals surface area contributed by atoms with Crippen molar-refractivity contribution in [2.24, 2.45) is 0 Å². The van der Waals surface area contributed by atoms with E-state index in [0.29, 0.717) is 43.2 Å². The lowest BCUT2D eigenvalue weighted by Gasteiger charge is -2.26. The summed E-state index contributed by atoms with van der Waals surface area (Å²) < 4.78 is 7.08. The fourth-order valence-electron chi connectivity index (χ4n) is 4.23. The van der Waals surface area contributed by atoms with Crippen molar-refractivity contribution in [3.05, 3.63) is 108 Å². The highest BCUT2D eigenvalue weighted by Crippen LogP contribution is 2.20. The summed E-state index contributed by atoms with van der Waals surface area (Å²) in [6.07, 6.45) is 3.45. The minimum atomic E-state index is 0.0219. The van der Waals surface area contributed by atoms with Crippen LogP contribution in [0, 0.1) is 11.8 Å². The highest BCUT2D eigenvalue weighted by atomic mass is 16.5. The Kier molecular flexibility index (Phi) is 6.49. The van der Waals surface area contributed by atoms with E-state index < -0.39 is 0 Å². The lowest BCUT2D eigenvalue weighted by Crippen LogP contribution is -2.40. The number of ether oxygens (including phenoxy) is 1.